The van der Waals surface area contributed by atoms with Gasteiger partial charge in [-0.25, -0.2) is 0 Å². The van der Waals surface area contributed by atoms with Crippen LogP contribution in [0.5, 0.6) is 5.75 Å². The number of nitriles is 1. The minimum atomic E-state index is -0.387. The van der Waals surface area contributed by atoms with Crippen molar-refractivity contribution in [3.63, 3.8) is 0 Å². The summed E-state index contributed by atoms with van der Waals surface area (Å²) in [7, 11) is 1.62. The van der Waals surface area contributed by atoms with Crippen LogP contribution in [0.15, 0.2) is 77.1 Å². The predicted molar refractivity (Wildman–Crippen MR) is 108 cm³/mol. The van der Waals surface area contributed by atoms with Crippen LogP contribution in [0.3, 0.4) is 0 Å². The molecule has 0 radical (unpaired) electrons. The fraction of sp³-hybridized carbons (Fsp3) is 0.250. The second kappa shape index (κ2) is 7.36. The molecule has 2 aliphatic rings. The molecule has 140 valence electrons. The van der Waals surface area contributed by atoms with Crippen molar-refractivity contribution in [3.05, 3.63) is 88.3 Å². The average Bonchev–Trinajstić information content (AvgIpc) is 2.73. The number of carbonyl (C=O) groups is 1. The van der Waals surface area contributed by atoms with Crippen LogP contribution in [-0.2, 0) is 4.79 Å². The van der Waals surface area contributed by atoms with E-state index >= 15 is 0 Å². The highest BCUT2D eigenvalue weighted by Gasteiger charge is 2.39. The van der Waals surface area contributed by atoms with Gasteiger partial charge in [-0.15, -0.1) is 0 Å². The van der Waals surface area contributed by atoms with Crippen molar-refractivity contribution in [1.82, 2.24) is 5.32 Å². The number of benzene rings is 2. The lowest BCUT2D eigenvalue weighted by molar-refractivity contribution is -0.116. The van der Waals surface area contributed by atoms with E-state index in [-0.39, 0.29) is 17.6 Å². The summed E-state index contributed by atoms with van der Waals surface area (Å²) < 4.78 is 5.55. The highest BCUT2D eigenvalue weighted by atomic mass is 16.5. The Hall–Kier alpha value is -3.32. The minimum Gasteiger partial charge on any atom is -0.496 e. The minimum absolute atomic E-state index is 0.0961. The summed E-state index contributed by atoms with van der Waals surface area (Å²) in [5.74, 6) is 0.551. The van der Waals surface area contributed by atoms with E-state index in [1.165, 1.54) is 5.56 Å². The predicted octanol–water partition coefficient (Wildman–Crippen LogP) is 4.58. The maximum absolute atomic E-state index is 13.3. The Morgan fingerprint density at radius 2 is 1.79 bits per heavy atom. The fourth-order valence-electron chi connectivity index (χ4n) is 4.36. The molecule has 4 rings (SSSR count). The number of nitrogens with zero attached hydrogens (tertiary/aromatic N) is 1. The third-order valence-corrected chi connectivity index (χ3v) is 5.67. The second-order valence-electron chi connectivity index (χ2n) is 7.28. The third kappa shape index (κ3) is 2.99. The topological polar surface area (TPSA) is 62.1 Å². The van der Waals surface area contributed by atoms with E-state index in [0.29, 0.717) is 23.3 Å². The quantitative estimate of drug-likeness (QED) is 0.859. The molecule has 2 aromatic carbocycles. The number of rotatable bonds is 3. The molecule has 1 N–H and O–H groups in total. The van der Waals surface area contributed by atoms with E-state index in [0.717, 1.165) is 23.4 Å². The molecule has 28 heavy (non-hydrogen) atoms. The lowest BCUT2D eigenvalue weighted by atomic mass is 9.72. The molecule has 0 bridgehead atoms. The van der Waals surface area contributed by atoms with Gasteiger partial charge in [-0.2, -0.15) is 5.26 Å². The van der Waals surface area contributed by atoms with E-state index in [9.17, 15) is 10.1 Å². The lowest BCUT2D eigenvalue weighted by Crippen LogP contribution is -2.33. The van der Waals surface area contributed by atoms with Crippen LogP contribution in [0.25, 0.3) is 0 Å². The van der Waals surface area contributed by atoms with Gasteiger partial charge in [0.2, 0.25) is 0 Å². The van der Waals surface area contributed by atoms with Gasteiger partial charge in [0.15, 0.2) is 5.78 Å². The molecule has 4 heteroatoms. The van der Waals surface area contributed by atoms with Gasteiger partial charge in [-0.05, 0) is 30.9 Å². The van der Waals surface area contributed by atoms with E-state index in [2.05, 4.69) is 23.5 Å². The van der Waals surface area contributed by atoms with Gasteiger partial charge in [-0.1, -0.05) is 48.5 Å². The van der Waals surface area contributed by atoms with Crippen LogP contribution in [0.2, 0.25) is 0 Å². The van der Waals surface area contributed by atoms with Gasteiger partial charge in [0.25, 0.3) is 0 Å². The molecule has 4 nitrogen and oxygen atoms in total. The number of Topliss-reactive ketones (excluding diaryl/α,β-unsaturated/α-hetero) is 1. The van der Waals surface area contributed by atoms with E-state index in [1.54, 1.807) is 7.11 Å². The molecule has 0 fully saturated rings. The first kappa shape index (κ1) is 18.1. The van der Waals surface area contributed by atoms with Gasteiger partial charge in [0.05, 0.1) is 24.7 Å². The molecule has 0 saturated carbocycles. The molecule has 0 amide bonds. The SMILES string of the molecule is COc1ccccc1[C@H]1C(C#N)=C(C)NC2=C1C(=O)C[C@H](c1ccccc1)C2. The highest BCUT2D eigenvalue weighted by molar-refractivity contribution is 6.00. The van der Waals surface area contributed by atoms with Crippen LogP contribution >= 0.6 is 0 Å². The van der Waals surface area contributed by atoms with Gasteiger partial charge < -0.3 is 10.1 Å². The molecule has 0 spiro atoms. The van der Waals surface area contributed by atoms with E-state index in [4.69, 9.17) is 4.74 Å². The summed E-state index contributed by atoms with van der Waals surface area (Å²) in [6.45, 7) is 1.90. The summed E-state index contributed by atoms with van der Waals surface area (Å²) in [5.41, 5.74) is 5.05. The Kier molecular flexibility index (Phi) is 4.75. The summed E-state index contributed by atoms with van der Waals surface area (Å²) in [6, 6.07) is 20.1. The van der Waals surface area contributed by atoms with Gasteiger partial charge in [0, 0.05) is 29.0 Å². The number of dihydropyridines is 1. The summed E-state index contributed by atoms with van der Waals surface area (Å²) in [5, 5.41) is 13.2. The van der Waals surface area contributed by atoms with Crippen molar-refractivity contribution in [2.45, 2.75) is 31.6 Å². The van der Waals surface area contributed by atoms with Crippen molar-refractivity contribution in [2.24, 2.45) is 0 Å². The molecule has 0 unspecified atom stereocenters. The van der Waals surface area contributed by atoms with Crippen LogP contribution in [0.1, 0.15) is 42.7 Å². The van der Waals surface area contributed by atoms with Crippen LogP contribution in [0, 0.1) is 11.3 Å². The highest BCUT2D eigenvalue weighted by Crippen LogP contribution is 2.47. The van der Waals surface area contributed by atoms with Crippen molar-refractivity contribution in [1.29, 1.82) is 5.26 Å². The van der Waals surface area contributed by atoms with Gasteiger partial charge in [0.1, 0.15) is 5.75 Å². The van der Waals surface area contributed by atoms with Crippen molar-refractivity contribution in [3.8, 4) is 11.8 Å². The number of ketones is 1. The number of hydrogen-bond donors (Lipinski definition) is 1. The summed E-state index contributed by atoms with van der Waals surface area (Å²) in [6.07, 6.45) is 1.21. The third-order valence-electron chi connectivity index (χ3n) is 5.67. The fourth-order valence-corrected chi connectivity index (χ4v) is 4.36. The Labute approximate surface area is 165 Å². The molecule has 1 aliphatic carbocycles. The van der Waals surface area contributed by atoms with Crippen molar-refractivity contribution >= 4 is 5.78 Å². The Morgan fingerprint density at radius 1 is 1.07 bits per heavy atom. The zero-order valence-corrected chi connectivity index (χ0v) is 16.0. The number of nitrogens with one attached hydrogen (secondary N) is 1. The van der Waals surface area contributed by atoms with Gasteiger partial charge >= 0.3 is 0 Å². The molecule has 2 atom stereocenters. The largest absolute Gasteiger partial charge is 0.496 e. The molecule has 1 aliphatic heterocycles. The van der Waals surface area contributed by atoms with Crippen LogP contribution in [-0.4, -0.2) is 12.9 Å². The monoisotopic (exact) mass is 370 g/mol. The normalized spacial score (nSPS) is 21.7. The summed E-state index contributed by atoms with van der Waals surface area (Å²) >= 11 is 0. The zero-order valence-electron chi connectivity index (χ0n) is 16.0. The van der Waals surface area contributed by atoms with Crippen LogP contribution < -0.4 is 10.1 Å². The average molecular weight is 370 g/mol. The Morgan fingerprint density at radius 3 is 2.50 bits per heavy atom. The number of hydrogen-bond acceptors (Lipinski definition) is 4. The Bertz CT molecular complexity index is 1030. The lowest BCUT2D eigenvalue weighted by Gasteiger charge is -2.36. The smallest absolute Gasteiger partial charge is 0.162 e. The van der Waals surface area contributed by atoms with E-state index < -0.39 is 0 Å². The Balaban J connectivity index is 1.83. The number of allylic oxidation sites excluding steroid dienone is 4. The molecular formula is C24H22N2O2. The maximum Gasteiger partial charge on any atom is 0.162 e. The molecule has 2 aromatic rings. The van der Waals surface area contributed by atoms with Gasteiger partial charge in [-0.3, -0.25) is 4.79 Å². The van der Waals surface area contributed by atoms with E-state index in [1.807, 2.05) is 49.4 Å². The van der Waals surface area contributed by atoms with Crippen LogP contribution in [0.4, 0.5) is 0 Å². The van der Waals surface area contributed by atoms with Crippen molar-refractivity contribution in [2.75, 3.05) is 7.11 Å². The molecule has 0 saturated heterocycles. The maximum atomic E-state index is 13.3. The zero-order chi connectivity index (χ0) is 19.7. The molecular weight excluding hydrogens is 348 g/mol. The first-order chi connectivity index (χ1) is 13.6. The summed E-state index contributed by atoms with van der Waals surface area (Å²) in [4.78, 5) is 13.3. The molecule has 1 heterocycles. The van der Waals surface area contributed by atoms with Crippen molar-refractivity contribution < 1.29 is 9.53 Å². The molecule has 0 aromatic heterocycles. The first-order valence-corrected chi connectivity index (χ1v) is 9.46. The number of ether oxygens (including phenoxy) is 1. The standard InChI is InChI=1S/C24H22N2O2/c1-15-19(14-25)23(18-10-6-7-11-22(18)28-2)24-20(26-15)12-17(13-21(24)27)16-8-4-3-5-9-16/h3-11,17,23,26H,12-13H2,1-2H3/t17-,23+/m1/s1. The second-order valence-corrected chi connectivity index (χ2v) is 7.28. The first-order valence-electron chi connectivity index (χ1n) is 9.46. The number of para-hydroxylation sites is 1. The number of methoxy groups -OCH3 is 1. The number of carbonyl (C=O) groups excluding carboxylic acids is 1.